The molecule has 0 aliphatic carbocycles. The number of ether oxygens (including phenoxy) is 2. The minimum absolute atomic E-state index is 0.521. The highest BCUT2D eigenvalue weighted by Crippen LogP contribution is 2.36. The maximum absolute atomic E-state index is 5.72. The van der Waals surface area contributed by atoms with Crippen LogP contribution < -0.4 is 5.73 Å². The molecule has 0 aromatic heterocycles. The summed E-state index contributed by atoms with van der Waals surface area (Å²) in [5, 5.41) is 0. The van der Waals surface area contributed by atoms with Crippen LogP contribution in [0.5, 0.6) is 0 Å². The molecule has 3 nitrogen and oxygen atoms in total. The van der Waals surface area contributed by atoms with Crippen LogP contribution in [0, 0.1) is 27.7 Å². The second kappa shape index (κ2) is 5.83. The maximum Gasteiger partial charge on any atom is 0.195 e. The van der Waals surface area contributed by atoms with Gasteiger partial charge in [-0.2, -0.15) is 0 Å². The number of benzene rings is 1. The molecule has 0 aliphatic rings. The molecular weight excluding hydrogens is 226 g/mol. The van der Waals surface area contributed by atoms with E-state index < -0.39 is 5.79 Å². The minimum atomic E-state index is -0.736. The first-order valence-corrected chi connectivity index (χ1v) is 6.31. The minimum Gasteiger partial charge on any atom is -0.349 e. The van der Waals surface area contributed by atoms with E-state index in [1.165, 1.54) is 22.3 Å². The summed E-state index contributed by atoms with van der Waals surface area (Å²) in [4.78, 5) is 0. The van der Waals surface area contributed by atoms with Gasteiger partial charge in [0.05, 0.1) is 0 Å². The van der Waals surface area contributed by atoms with Crippen LogP contribution in [0.3, 0.4) is 0 Å². The van der Waals surface area contributed by atoms with Gasteiger partial charge in [-0.15, -0.1) is 0 Å². The lowest BCUT2D eigenvalue weighted by Crippen LogP contribution is -2.35. The van der Waals surface area contributed by atoms with Crippen LogP contribution in [0.2, 0.25) is 0 Å². The van der Waals surface area contributed by atoms with Crippen LogP contribution >= 0.6 is 0 Å². The SMILES string of the molecule is COC(CCN)(OC)c1c(C)c(C)cc(C)c1C. The van der Waals surface area contributed by atoms with E-state index in [2.05, 4.69) is 33.8 Å². The zero-order chi connectivity index (χ0) is 13.9. The van der Waals surface area contributed by atoms with Gasteiger partial charge >= 0.3 is 0 Å². The summed E-state index contributed by atoms with van der Waals surface area (Å²) < 4.78 is 11.4. The molecule has 0 saturated heterocycles. The van der Waals surface area contributed by atoms with E-state index in [4.69, 9.17) is 15.2 Å². The lowest BCUT2D eigenvalue weighted by Gasteiger charge is -2.34. The molecule has 0 radical (unpaired) electrons. The average molecular weight is 251 g/mol. The first kappa shape index (κ1) is 15.2. The molecular formula is C15H25NO2. The molecule has 2 N–H and O–H groups in total. The van der Waals surface area contributed by atoms with Crippen LogP contribution in [0.15, 0.2) is 6.07 Å². The van der Waals surface area contributed by atoms with Crippen molar-refractivity contribution in [1.82, 2.24) is 0 Å². The first-order valence-electron chi connectivity index (χ1n) is 6.31. The van der Waals surface area contributed by atoms with Crippen molar-refractivity contribution in [3.8, 4) is 0 Å². The fourth-order valence-corrected chi connectivity index (χ4v) is 2.59. The van der Waals surface area contributed by atoms with E-state index >= 15 is 0 Å². The fraction of sp³-hybridized carbons (Fsp3) is 0.600. The van der Waals surface area contributed by atoms with Gasteiger partial charge < -0.3 is 15.2 Å². The van der Waals surface area contributed by atoms with Crippen LogP contribution in [-0.4, -0.2) is 20.8 Å². The zero-order valence-electron chi connectivity index (χ0n) is 12.4. The van der Waals surface area contributed by atoms with Crippen molar-refractivity contribution in [3.63, 3.8) is 0 Å². The van der Waals surface area contributed by atoms with Crippen LogP contribution in [-0.2, 0) is 15.3 Å². The summed E-state index contributed by atoms with van der Waals surface area (Å²) in [6, 6.07) is 2.20. The van der Waals surface area contributed by atoms with Gasteiger partial charge in [-0.1, -0.05) is 6.07 Å². The fourth-order valence-electron chi connectivity index (χ4n) is 2.59. The Morgan fingerprint density at radius 2 is 1.44 bits per heavy atom. The Balaban J connectivity index is 3.54. The van der Waals surface area contributed by atoms with Gasteiger partial charge in [0, 0.05) is 26.2 Å². The number of hydrogen-bond acceptors (Lipinski definition) is 3. The lowest BCUT2D eigenvalue weighted by atomic mass is 9.87. The summed E-state index contributed by atoms with van der Waals surface area (Å²) in [7, 11) is 3.35. The Kier molecular flexibility index (Phi) is 4.91. The number of rotatable bonds is 5. The van der Waals surface area contributed by atoms with Crippen molar-refractivity contribution in [2.45, 2.75) is 39.9 Å². The molecule has 0 bridgehead atoms. The van der Waals surface area contributed by atoms with Crippen molar-refractivity contribution in [2.75, 3.05) is 20.8 Å². The summed E-state index contributed by atoms with van der Waals surface area (Å²) >= 11 is 0. The van der Waals surface area contributed by atoms with E-state index in [9.17, 15) is 0 Å². The number of methoxy groups -OCH3 is 2. The lowest BCUT2D eigenvalue weighted by molar-refractivity contribution is -0.219. The molecule has 0 saturated carbocycles. The average Bonchev–Trinajstić information content (AvgIpc) is 2.35. The van der Waals surface area contributed by atoms with Crippen LogP contribution in [0.4, 0.5) is 0 Å². The molecule has 0 fully saturated rings. The predicted octanol–water partition coefficient (Wildman–Crippen LogP) is 2.71. The summed E-state index contributed by atoms with van der Waals surface area (Å²) in [5.41, 5.74) is 11.8. The number of aryl methyl sites for hydroxylation is 2. The standard InChI is InChI=1S/C15H25NO2/c1-10-9-11(2)13(4)14(12(10)3)15(17-5,18-6)7-8-16/h9H,7-8,16H2,1-6H3. The largest absolute Gasteiger partial charge is 0.349 e. The van der Waals surface area contributed by atoms with E-state index in [0.29, 0.717) is 13.0 Å². The molecule has 102 valence electrons. The number of hydrogen-bond donors (Lipinski definition) is 1. The topological polar surface area (TPSA) is 44.5 Å². The normalized spacial score (nSPS) is 11.9. The summed E-state index contributed by atoms with van der Waals surface area (Å²) in [5.74, 6) is -0.736. The van der Waals surface area contributed by atoms with Gasteiger partial charge in [0.25, 0.3) is 0 Å². The number of nitrogens with two attached hydrogens (primary N) is 1. The van der Waals surface area contributed by atoms with Gasteiger partial charge in [0.1, 0.15) is 0 Å². The van der Waals surface area contributed by atoms with Gasteiger partial charge in [-0.3, -0.25) is 0 Å². The van der Waals surface area contributed by atoms with Crippen molar-refractivity contribution in [1.29, 1.82) is 0 Å². The smallest absolute Gasteiger partial charge is 0.195 e. The molecule has 18 heavy (non-hydrogen) atoms. The highest BCUT2D eigenvalue weighted by molar-refractivity contribution is 5.46. The Labute approximate surface area is 110 Å². The zero-order valence-corrected chi connectivity index (χ0v) is 12.4. The van der Waals surface area contributed by atoms with E-state index in [1.807, 2.05) is 0 Å². The molecule has 1 aromatic rings. The third kappa shape index (κ3) is 2.44. The third-order valence-electron chi connectivity index (χ3n) is 3.88. The monoisotopic (exact) mass is 251 g/mol. The second-order valence-corrected chi connectivity index (χ2v) is 4.84. The third-order valence-corrected chi connectivity index (χ3v) is 3.88. The van der Waals surface area contributed by atoms with Gasteiger partial charge in [0.2, 0.25) is 0 Å². The highest BCUT2D eigenvalue weighted by Gasteiger charge is 2.35. The molecule has 0 amide bonds. The summed E-state index contributed by atoms with van der Waals surface area (Å²) in [6.07, 6.45) is 0.643. The molecule has 1 rings (SSSR count). The Morgan fingerprint density at radius 1 is 1.00 bits per heavy atom. The highest BCUT2D eigenvalue weighted by atomic mass is 16.7. The van der Waals surface area contributed by atoms with Crippen molar-refractivity contribution < 1.29 is 9.47 Å². The van der Waals surface area contributed by atoms with Gasteiger partial charge in [0.15, 0.2) is 5.79 Å². The molecule has 3 heteroatoms. The summed E-state index contributed by atoms with van der Waals surface area (Å²) in [6.45, 7) is 8.97. The maximum atomic E-state index is 5.72. The van der Waals surface area contributed by atoms with E-state index in [-0.39, 0.29) is 0 Å². The molecule has 0 unspecified atom stereocenters. The van der Waals surface area contributed by atoms with Crippen molar-refractivity contribution >= 4 is 0 Å². The van der Waals surface area contributed by atoms with Crippen molar-refractivity contribution in [2.24, 2.45) is 5.73 Å². The van der Waals surface area contributed by atoms with E-state index in [0.717, 1.165) is 5.56 Å². The molecule has 0 aliphatic heterocycles. The Bertz CT molecular complexity index is 397. The Hall–Kier alpha value is -0.900. The van der Waals surface area contributed by atoms with Crippen LogP contribution in [0.1, 0.15) is 34.2 Å². The second-order valence-electron chi connectivity index (χ2n) is 4.84. The first-order chi connectivity index (χ1) is 8.43. The Morgan fingerprint density at radius 3 is 1.78 bits per heavy atom. The van der Waals surface area contributed by atoms with E-state index in [1.54, 1.807) is 14.2 Å². The quantitative estimate of drug-likeness (QED) is 0.818. The van der Waals surface area contributed by atoms with Gasteiger partial charge in [-0.25, -0.2) is 0 Å². The predicted molar refractivity (Wildman–Crippen MR) is 74.8 cm³/mol. The molecule has 0 spiro atoms. The van der Waals surface area contributed by atoms with Crippen molar-refractivity contribution in [3.05, 3.63) is 33.9 Å². The molecule has 0 atom stereocenters. The van der Waals surface area contributed by atoms with Gasteiger partial charge in [-0.05, 0) is 56.5 Å². The molecule has 0 heterocycles. The molecule has 1 aromatic carbocycles. The van der Waals surface area contributed by atoms with Crippen LogP contribution in [0.25, 0.3) is 0 Å².